The van der Waals surface area contributed by atoms with Crippen molar-refractivity contribution in [3.05, 3.63) is 95.7 Å². The van der Waals surface area contributed by atoms with Crippen molar-refractivity contribution < 1.29 is 29.6 Å². The lowest BCUT2D eigenvalue weighted by Crippen LogP contribution is -2.41. The number of nitrogens with zero attached hydrogens (tertiary/aromatic N) is 2. The van der Waals surface area contributed by atoms with Gasteiger partial charge in [-0.3, -0.25) is 4.98 Å². The Morgan fingerprint density at radius 1 is 0.810 bits per heavy atom. The maximum Gasteiger partial charge on any atom is 0.253 e. The van der Waals surface area contributed by atoms with Gasteiger partial charge >= 0.3 is 0 Å². The average molecular weight is 633 g/mol. The minimum atomic E-state index is -4.55. The number of sulfonamides is 1. The van der Waals surface area contributed by atoms with Gasteiger partial charge < -0.3 is 0 Å². The molecule has 0 aliphatic rings. The Labute approximate surface area is 247 Å². The number of rotatable bonds is 9. The first-order valence-electron chi connectivity index (χ1n) is 12.9. The molecule has 8 nitrogen and oxygen atoms in total. The second-order valence-corrected chi connectivity index (χ2v) is 18.0. The second kappa shape index (κ2) is 10.8. The molecule has 1 heterocycles. The van der Waals surface area contributed by atoms with Crippen LogP contribution < -0.4 is 0 Å². The van der Waals surface area contributed by atoms with Gasteiger partial charge in [-0.15, -0.1) is 0 Å². The van der Waals surface area contributed by atoms with Crippen molar-refractivity contribution >= 4 is 40.6 Å². The molecule has 0 fully saturated rings. The highest BCUT2D eigenvalue weighted by Crippen LogP contribution is 2.40. The van der Waals surface area contributed by atoms with Crippen LogP contribution in [0, 0.1) is 0 Å². The first-order chi connectivity index (χ1) is 19.3. The first-order valence-corrected chi connectivity index (χ1v) is 18.1. The van der Waals surface area contributed by atoms with Crippen LogP contribution in [0.5, 0.6) is 0 Å². The summed E-state index contributed by atoms with van der Waals surface area (Å²) in [5.74, 6) is 0. The highest BCUT2D eigenvalue weighted by Gasteiger charge is 2.48. The van der Waals surface area contributed by atoms with E-state index in [1.54, 1.807) is 62.5 Å². The largest absolute Gasteiger partial charge is 0.256 e. The average Bonchev–Trinajstić information content (AvgIpc) is 2.91. The predicted molar refractivity (Wildman–Crippen MR) is 164 cm³/mol. The third kappa shape index (κ3) is 5.72. The molecule has 12 heteroatoms. The normalized spacial score (nSPS) is 14.7. The zero-order chi connectivity index (χ0) is 31.3. The van der Waals surface area contributed by atoms with Gasteiger partial charge in [-0.05, 0) is 60.9 Å². The Morgan fingerprint density at radius 2 is 1.45 bits per heavy atom. The van der Waals surface area contributed by atoms with E-state index in [4.69, 9.17) is 0 Å². The number of hydrogen-bond acceptors (Lipinski definition) is 7. The number of benzene rings is 3. The van der Waals surface area contributed by atoms with E-state index in [-0.39, 0.29) is 10.5 Å². The summed E-state index contributed by atoms with van der Waals surface area (Å²) in [6.45, 7) is 3.25. The lowest BCUT2D eigenvalue weighted by atomic mass is 9.92. The smallest absolute Gasteiger partial charge is 0.253 e. The molecule has 224 valence electrons. The molecule has 0 aliphatic carbocycles. The summed E-state index contributed by atoms with van der Waals surface area (Å²) in [4.78, 5) is 4.45. The van der Waals surface area contributed by atoms with Crippen molar-refractivity contribution in [2.24, 2.45) is 0 Å². The van der Waals surface area contributed by atoms with Gasteiger partial charge in [0.2, 0.25) is 0 Å². The van der Waals surface area contributed by atoms with Crippen LogP contribution in [0.1, 0.15) is 30.5 Å². The molecule has 0 amide bonds. The Bertz CT molecular complexity index is 1990. The van der Waals surface area contributed by atoms with E-state index in [2.05, 4.69) is 4.98 Å². The molecule has 0 N–H and O–H groups in total. The molecule has 42 heavy (non-hydrogen) atoms. The van der Waals surface area contributed by atoms with Crippen molar-refractivity contribution in [1.82, 2.24) is 9.29 Å². The maximum absolute atomic E-state index is 16.9. The minimum Gasteiger partial charge on any atom is -0.256 e. The Balaban J connectivity index is 1.89. The van der Waals surface area contributed by atoms with E-state index in [1.807, 2.05) is 6.07 Å². The van der Waals surface area contributed by atoms with E-state index >= 15 is 4.39 Å². The number of pyridine rings is 1. The fourth-order valence-corrected chi connectivity index (χ4v) is 7.21. The van der Waals surface area contributed by atoms with E-state index in [1.165, 1.54) is 44.6 Å². The number of alkyl halides is 1. The number of hydrogen-bond donors (Lipinski definition) is 0. The maximum atomic E-state index is 16.9. The molecular weight excluding hydrogens is 600 g/mol. The van der Waals surface area contributed by atoms with Crippen LogP contribution in [0.2, 0.25) is 0 Å². The summed E-state index contributed by atoms with van der Waals surface area (Å²) in [5, 5.41) is -2.21. The van der Waals surface area contributed by atoms with Crippen molar-refractivity contribution in [3.8, 4) is 11.1 Å². The lowest BCUT2D eigenvalue weighted by molar-refractivity contribution is 0.256. The van der Waals surface area contributed by atoms with Gasteiger partial charge in [0.25, 0.3) is 15.0 Å². The molecule has 4 rings (SSSR count). The summed E-state index contributed by atoms with van der Waals surface area (Å²) >= 11 is 0. The van der Waals surface area contributed by atoms with Crippen LogP contribution in [-0.4, -0.2) is 61.1 Å². The van der Waals surface area contributed by atoms with Gasteiger partial charge in [-0.25, -0.2) is 33.9 Å². The third-order valence-corrected chi connectivity index (χ3v) is 13.0. The van der Waals surface area contributed by atoms with Crippen molar-refractivity contribution in [3.63, 3.8) is 0 Å². The van der Waals surface area contributed by atoms with Crippen LogP contribution in [0.4, 0.5) is 4.39 Å². The first kappa shape index (κ1) is 31.7. The van der Waals surface area contributed by atoms with Gasteiger partial charge in [0.15, 0.2) is 19.7 Å². The monoisotopic (exact) mass is 632 g/mol. The van der Waals surface area contributed by atoms with Crippen LogP contribution in [0.3, 0.4) is 0 Å². The Kier molecular flexibility index (Phi) is 8.18. The molecule has 0 aliphatic heterocycles. The molecule has 1 unspecified atom stereocenters. The van der Waals surface area contributed by atoms with Crippen LogP contribution in [0.25, 0.3) is 22.0 Å². The molecule has 0 saturated heterocycles. The lowest BCUT2D eigenvalue weighted by Gasteiger charge is -2.29. The van der Waals surface area contributed by atoms with Gasteiger partial charge in [-0.2, -0.15) is 0 Å². The summed E-state index contributed by atoms with van der Waals surface area (Å²) in [5.41, 5.74) is 2.50. The zero-order valence-corrected chi connectivity index (χ0v) is 26.6. The Hall–Kier alpha value is -3.19. The van der Waals surface area contributed by atoms with E-state index < -0.39 is 45.9 Å². The highest BCUT2D eigenvalue weighted by atomic mass is 32.2. The molecule has 0 spiro atoms. The quantitative estimate of drug-likeness (QED) is 0.259. The molecule has 1 aromatic heterocycles. The van der Waals surface area contributed by atoms with Gasteiger partial charge in [0.1, 0.15) is 0 Å². The van der Waals surface area contributed by atoms with Crippen LogP contribution in [-0.2, 0) is 45.9 Å². The number of halogens is 1. The van der Waals surface area contributed by atoms with Crippen LogP contribution >= 0.6 is 0 Å². The third-order valence-electron chi connectivity index (χ3n) is 7.60. The topological polar surface area (TPSA) is 119 Å². The summed E-state index contributed by atoms with van der Waals surface area (Å²) in [6.07, 6.45) is 3.24. The van der Waals surface area contributed by atoms with Crippen molar-refractivity contribution in [2.45, 2.75) is 34.9 Å². The number of fused-ring (bicyclic) bond motifs is 1. The summed E-state index contributed by atoms with van der Waals surface area (Å²) in [6, 6.07) is 18.5. The summed E-state index contributed by atoms with van der Waals surface area (Å²) < 4.78 is 92.5. The van der Waals surface area contributed by atoms with E-state index in [0.29, 0.717) is 33.2 Å². The van der Waals surface area contributed by atoms with E-state index in [0.717, 1.165) is 10.6 Å². The van der Waals surface area contributed by atoms with Crippen molar-refractivity contribution in [2.75, 3.05) is 26.6 Å². The van der Waals surface area contributed by atoms with Gasteiger partial charge in [0, 0.05) is 55.7 Å². The minimum absolute atomic E-state index is 0.0610. The summed E-state index contributed by atoms with van der Waals surface area (Å²) in [7, 11) is -9.17. The molecule has 0 bridgehead atoms. The molecule has 0 radical (unpaired) electrons. The fourth-order valence-electron chi connectivity index (χ4n) is 4.67. The van der Waals surface area contributed by atoms with Crippen molar-refractivity contribution in [1.29, 1.82) is 0 Å². The standard InChI is InChI=1S/C30H33FN2O6S3/c1-29(2,41(6,36)37)25-18-23-11-8-16-32-28(23)27(19-25)22-10-7-9-21(17-22)20-30(31,42(38,39)33(3)4)24-12-14-26(15-13-24)40(5,34)35/h7-19H,20H2,1-6H3. The van der Waals surface area contributed by atoms with E-state index in [9.17, 15) is 25.3 Å². The van der Waals surface area contributed by atoms with Crippen LogP contribution in [0.15, 0.2) is 83.9 Å². The zero-order valence-electron chi connectivity index (χ0n) is 24.2. The Morgan fingerprint density at radius 3 is 2.02 bits per heavy atom. The second-order valence-electron chi connectivity index (χ2n) is 11.1. The SMILES string of the molecule is CN(C)S(=O)(=O)C(F)(Cc1cccc(-c2cc(C(C)(C)S(C)(=O)=O)cc3cccnc23)c1)c1ccc(S(C)(=O)=O)cc1. The molecule has 4 aromatic rings. The van der Waals surface area contributed by atoms with Gasteiger partial charge in [-0.1, -0.05) is 42.5 Å². The predicted octanol–water partition coefficient (Wildman–Crippen LogP) is 4.84. The van der Waals surface area contributed by atoms with Gasteiger partial charge in [0.05, 0.1) is 15.2 Å². The number of aromatic nitrogens is 1. The highest BCUT2D eigenvalue weighted by molar-refractivity contribution is 7.91. The fraction of sp³-hybridized carbons (Fsp3) is 0.300. The molecular formula is C30H33FN2O6S3. The molecule has 1 atom stereocenters. The molecule has 3 aromatic carbocycles. The molecule has 0 saturated carbocycles. The number of sulfone groups is 2.